The van der Waals surface area contributed by atoms with Gasteiger partial charge >= 0.3 is 5.97 Å². The highest BCUT2D eigenvalue weighted by atomic mass is 32.1. The lowest BCUT2D eigenvalue weighted by atomic mass is 9.97. The zero-order valence-corrected chi connectivity index (χ0v) is 16.5. The van der Waals surface area contributed by atoms with Crippen molar-refractivity contribution in [1.82, 2.24) is 9.88 Å². The molecule has 0 radical (unpaired) electrons. The Morgan fingerprint density at radius 1 is 1.22 bits per heavy atom. The van der Waals surface area contributed by atoms with Crippen molar-refractivity contribution in [3.05, 3.63) is 40.7 Å². The lowest BCUT2D eigenvalue weighted by molar-refractivity contribution is -0.140. The summed E-state index contributed by atoms with van der Waals surface area (Å²) in [6.07, 6.45) is 3.05. The van der Waals surface area contributed by atoms with Gasteiger partial charge in [-0.25, -0.2) is 14.2 Å². The van der Waals surface area contributed by atoms with Crippen LogP contribution in [0.15, 0.2) is 24.3 Å². The summed E-state index contributed by atoms with van der Waals surface area (Å²) in [7, 11) is 0. The van der Waals surface area contributed by atoms with E-state index in [1.165, 1.54) is 23.5 Å². The van der Waals surface area contributed by atoms with Gasteiger partial charge in [-0.1, -0.05) is 0 Å². The highest BCUT2D eigenvalue weighted by Crippen LogP contribution is 2.29. The SMILES string of the molecule is Cc1nc(-c2ccc(F)cc2)sc1C(=O)OCC(=O)N1[C@@H](C)CCC[C@@H]1C. The van der Waals surface area contributed by atoms with E-state index in [4.69, 9.17) is 4.74 Å². The maximum atomic E-state index is 13.1. The minimum absolute atomic E-state index is 0.162. The Morgan fingerprint density at radius 2 is 1.85 bits per heavy atom. The van der Waals surface area contributed by atoms with Crippen LogP contribution in [-0.2, 0) is 9.53 Å². The van der Waals surface area contributed by atoms with Crippen molar-refractivity contribution in [2.75, 3.05) is 6.61 Å². The standard InChI is InChI=1S/C20H23FN2O3S/c1-12-5-4-6-13(2)23(12)17(24)11-26-20(25)18-14(3)22-19(27-18)15-7-9-16(21)10-8-15/h7-10,12-13H,4-6,11H2,1-3H3/t12-,13-/m0/s1. The van der Waals surface area contributed by atoms with E-state index in [2.05, 4.69) is 4.98 Å². The summed E-state index contributed by atoms with van der Waals surface area (Å²) in [4.78, 5) is 31.5. The van der Waals surface area contributed by atoms with E-state index in [9.17, 15) is 14.0 Å². The van der Waals surface area contributed by atoms with Gasteiger partial charge < -0.3 is 9.64 Å². The molecule has 1 aliphatic heterocycles. The second kappa shape index (κ2) is 8.17. The fraction of sp³-hybridized carbons (Fsp3) is 0.450. The van der Waals surface area contributed by atoms with Crippen LogP contribution in [-0.4, -0.2) is 40.5 Å². The highest BCUT2D eigenvalue weighted by Gasteiger charge is 2.29. The van der Waals surface area contributed by atoms with Crippen molar-refractivity contribution in [1.29, 1.82) is 0 Å². The first-order valence-corrected chi connectivity index (χ1v) is 9.90. The van der Waals surface area contributed by atoms with Gasteiger partial charge in [0.2, 0.25) is 0 Å². The fourth-order valence-electron chi connectivity index (χ4n) is 3.48. The molecule has 0 N–H and O–H groups in total. The number of carbonyl (C=O) groups excluding carboxylic acids is 2. The molecule has 2 heterocycles. The molecule has 1 aromatic heterocycles. The number of esters is 1. The van der Waals surface area contributed by atoms with E-state index in [1.807, 2.05) is 18.7 Å². The molecule has 1 saturated heterocycles. The summed E-state index contributed by atoms with van der Waals surface area (Å²) >= 11 is 1.18. The topological polar surface area (TPSA) is 59.5 Å². The van der Waals surface area contributed by atoms with E-state index < -0.39 is 5.97 Å². The number of carbonyl (C=O) groups is 2. The minimum atomic E-state index is -0.552. The molecule has 1 aliphatic rings. The third-order valence-corrected chi connectivity index (χ3v) is 6.07. The van der Waals surface area contributed by atoms with Crippen LogP contribution in [0.1, 0.15) is 48.5 Å². The predicted molar refractivity (Wildman–Crippen MR) is 102 cm³/mol. The number of hydrogen-bond donors (Lipinski definition) is 0. The first-order valence-electron chi connectivity index (χ1n) is 9.08. The molecule has 2 atom stereocenters. The number of nitrogens with zero attached hydrogens (tertiary/aromatic N) is 2. The molecular weight excluding hydrogens is 367 g/mol. The summed E-state index contributed by atoms with van der Waals surface area (Å²) in [6, 6.07) is 6.26. The van der Waals surface area contributed by atoms with Gasteiger partial charge in [0.25, 0.3) is 5.91 Å². The van der Waals surface area contributed by atoms with Crippen LogP contribution >= 0.6 is 11.3 Å². The predicted octanol–water partition coefficient (Wildman–Crippen LogP) is 4.20. The van der Waals surface area contributed by atoms with Crippen molar-refractivity contribution in [2.45, 2.75) is 52.1 Å². The molecule has 0 bridgehead atoms. The number of aryl methyl sites for hydroxylation is 1. The molecule has 2 aromatic rings. The lowest BCUT2D eigenvalue weighted by Crippen LogP contribution is -2.49. The molecular formula is C20H23FN2O3S. The first kappa shape index (κ1) is 19.5. The summed E-state index contributed by atoms with van der Waals surface area (Å²) in [6.45, 7) is 5.50. The maximum absolute atomic E-state index is 13.1. The Hall–Kier alpha value is -2.28. The normalized spacial score (nSPS) is 19.8. The summed E-state index contributed by atoms with van der Waals surface area (Å²) in [5.74, 6) is -1.04. The molecule has 3 rings (SSSR count). The number of benzene rings is 1. The fourth-order valence-corrected chi connectivity index (χ4v) is 4.45. The number of hydrogen-bond acceptors (Lipinski definition) is 5. The van der Waals surface area contributed by atoms with Crippen molar-refractivity contribution < 1.29 is 18.7 Å². The van der Waals surface area contributed by atoms with Crippen LogP contribution in [0.3, 0.4) is 0 Å². The summed E-state index contributed by atoms with van der Waals surface area (Å²) < 4.78 is 18.3. The molecule has 1 fully saturated rings. The second-order valence-corrected chi connectivity index (χ2v) is 7.95. The van der Waals surface area contributed by atoms with Crippen LogP contribution in [0, 0.1) is 12.7 Å². The molecule has 0 spiro atoms. The Labute approximate surface area is 162 Å². The molecule has 7 heteroatoms. The molecule has 0 aliphatic carbocycles. The van der Waals surface area contributed by atoms with Gasteiger partial charge in [-0.2, -0.15) is 0 Å². The monoisotopic (exact) mass is 390 g/mol. The van der Waals surface area contributed by atoms with E-state index in [1.54, 1.807) is 19.1 Å². The number of piperidine rings is 1. The van der Waals surface area contributed by atoms with Crippen molar-refractivity contribution in [3.8, 4) is 10.6 Å². The number of rotatable bonds is 4. The Bertz CT molecular complexity index is 824. The van der Waals surface area contributed by atoms with Crippen LogP contribution in [0.25, 0.3) is 10.6 Å². The van der Waals surface area contributed by atoms with Crippen LogP contribution in [0.2, 0.25) is 0 Å². The van der Waals surface area contributed by atoms with Crippen LogP contribution in [0.4, 0.5) is 4.39 Å². The number of halogens is 1. The zero-order valence-electron chi connectivity index (χ0n) is 15.7. The molecule has 1 aromatic carbocycles. The van der Waals surface area contributed by atoms with Gasteiger partial charge in [0.05, 0.1) is 5.69 Å². The van der Waals surface area contributed by atoms with E-state index in [0.29, 0.717) is 15.6 Å². The smallest absolute Gasteiger partial charge is 0.350 e. The summed E-state index contributed by atoms with van der Waals surface area (Å²) in [5.41, 5.74) is 1.27. The van der Waals surface area contributed by atoms with E-state index in [0.717, 1.165) is 24.8 Å². The average Bonchev–Trinajstić information content (AvgIpc) is 3.02. The molecule has 5 nitrogen and oxygen atoms in total. The largest absolute Gasteiger partial charge is 0.451 e. The maximum Gasteiger partial charge on any atom is 0.350 e. The lowest BCUT2D eigenvalue weighted by Gasteiger charge is -2.38. The summed E-state index contributed by atoms with van der Waals surface area (Å²) in [5, 5.41) is 0.615. The van der Waals surface area contributed by atoms with E-state index >= 15 is 0 Å². The van der Waals surface area contributed by atoms with Gasteiger partial charge in [-0.3, -0.25) is 4.79 Å². The third-order valence-electron chi connectivity index (χ3n) is 4.88. The minimum Gasteiger partial charge on any atom is -0.451 e. The van der Waals surface area contributed by atoms with Crippen LogP contribution < -0.4 is 0 Å². The highest BCUT2D eigenvalue weighted by molar-refractivity contribution is 7.17. The number of aromatic nitrogens is 1. The van der Waals surface area contributed by atoms with Crippen molar-refractivity contribution in [2.24, 2.45) is 0 Å². The molecule has 144 valence electrons. The molecule has 27 heavy (non-hydrogen) atoms. The van der Waals surface area contributed by atoms with Gasteiger partial charge in [0.1, 0.15) is 15.7 Å². The Kier molecular flexibility index (Phi) is 5.89. The molecule has 0 unspecified atom stereocenters. The number of ether oxygens (including phenoxy) is 1. The third kappa shape index (κ3) is 4.35. The van der Waals surface area contributed by atoms with Gasteiger partial charge in [0.15, 0.2) is 6.61 Å². The van der Waals surface area contributed by atoms with Gasteiger partial charge in [-0.15, -0.1) is 11.3 Å². The average molecular weight is 390 g/mol. The quantitative estimate of drug-likeness (QED) is 0.734. The number of likely N-dealkylation sites (tertiary alicyclic amines) is 1. The van der Waals surface area contributed by atoms with Crippen LogP contribution in [0.5, 0.6) is 0 Å². The molecule has 0 saturated carbocycles. The van der Waals surface area contributed by atoms with Gasteiger partial charge in [-0.05, 0) is 64.3 Å². The second-order valence-electron chi connectivity index (χ2n) is 6.95. The van der Waals surface area contributed by atoms with Crippen molar-refractivity contribution in [3.63, 3.8) is 0 Å². The Morgan fingerprint density at radius 3 is 2.48 bits per heavy atom. The van der Waals surface area contributed by atoms with Crippen molar-refractivity contribution >= 4 is 23.2 Å². The Balaban J connectivity index is 1.66. The number of thiazole rings is 1. The van der Waals surface area contributed by atoms with Gasteiger partial charge in [0, 0.05) is 17.6 Å². The first-order chi connectivity index (χ1) is 12.9. The number of amides is 1. The van der Waals surface area contributed by atoms with E-state index in [-0.39, 0.29) is 30.4 Å². The molecule has 1 amide bonds. The zero-order chi connectivity index (χ0) is 19.6.